The molecule has 0 atom stereocenters. The summed E-state index contributed by atoms with van der Waals surface area (Å²) in [5, 5.41) is 0. The highest BCUT2D eigenvalue weighted by molar-refractivity contribution is 7.91. The molecule has 1 aliphatic rings. The van der Waals surface area contributed by atoms with Crippen molar-refractivity contribution in [1.29, 1.82) is 0 Å². The quantitative estimate of drug-likeness (QED) is 0.492. The predicted octanol–water partition coefficient (Wildman–Crippen LogP) is 0.454. The van der Waals surface area contributed by atoms with Crippen LogP contribution in [-0.2, 0) is 19.9 Å². The Bertz CT molecular complexity index is 725. The molecule has 0 aromatic heterocycles. The van der Waals surface area contributed by atoms with Crippen LogP contribution >= 0.6 is 0 Å². The van der Waals surface area contributed by atoms with E-state index in [0.29, 0.717) is 12.5 Å². The Morgan fingerprint density at radius 2 is 1.90 bits per heavy atom. The molecule has 1 saturated carbocycles. The number of hydrogen-bond donors (Lipinski definition) is 3. The first kappa shape index (κ1) is 16.2. The number of hydrogen-bond acceptors (Lipinski definition) is 6. The number of sulfonamides is 1. The van der Waals surface area contributed by atoms with E-state index < -0.39 is 19.9 Å². The zero-order valence-corrected chi connectivity index (χ0v) is 13.3. The minimum Gasteiger partial charge on any atom is -0.323 e. The fraction of sp³-hybridized carbons (Fsp3) is 0.500. The summed E-state index contributed by atoms with van der Waals surface area (Å²) >= 11 is 0. The van der Waals surface area contributed by atoms with E-state index in [1.165, 1.54) is 12.1 Å². The van der Waals surface area contributed by atoms with Gasteiger partial charge in [-0.25, -0.2) is 21.6 Å². The van der Waals surface area contributed by atoms with Gasteiger partial charge in [0.2, 0.25) is 10.0 Å². The first-order chi connectivity index (χ1) is 9.74. The van der Waals surface area contributed by atoms with Gasteiger partial charge in [-0.15, -0.1) is 0 Å². The minimum absolute atomic E-state index is 0.0657. The van der Waals surface area contributed by atoms with Gasteiger partial charge in [-0.2, -0.15) is 0 Å². The van der Waals surface area contributed by atoms with Gasteiger partial charge in [0, 0.05) is 12.8 Å². The minimum atomic E-state index is -3.81. The third-order valence-electron chi connectivity index (χ3n) is 3.37. The molecule has 0 unspecified atom stereocenters. The van der Waals surface area contributed by atoms with Gasteiger partial charge in [0.05, 0.1) is 10.6 Å². The van der Waals surface area contributed by atoms with Crippen LogP contribution in [0.4, 0.5) is 5.69 Å². The maximum atomic E-state index is 12.3. The van der Waals surface area contributed by atoms with Crippen molar-refractivity contribution in [3.63, 3.8) is 0 Å². The van der Waals surface area contributed by atoms with Crippen molar-refractivity contribution in [2.24, 2.45) is 11.8 Å². The lowest BCUT2D eigenvalue weighted by molar-refractivity contribution is 0.575. The van der Waals surface area contributed by atoms with Crippen LogP contribution in [0, 0.1) is 5.92 Å². The number of hydrazine groups is 1. The van der Waals surface area contributed by atoms with Crippen LogP contribution in [-0.4, -0.2) is 29.6 Å². The van der Waals surface area contributed by atoms with Crippen LogP contribution < -0.4 is 16.0 Å². The fourth-order valence-corrected chi connectivity index (χ4v) is 3.92. The Morgan fingerprint density at radius 1 is 1.24 bits per heavy atom. The lowest BCUT2D eigenvalue weighted by Crippen LogP contribution is -2.27. The molecule has 9 heteroatoms. The van der Waals surface area contributed by atoms with Crippen LogP contribution in [0.15, 0.2) is 28.0 Å². The van der Waals surface area contributed by atoms with Gasteiger partial charge in [0.1, 0.15) is 4.90 Å². The Labute approximate surface area is 124 Å². The van der Waals surface area contributed by atoms with Crippen molar-refractivity contribution < 1.29 is 16.8 Å². The van der Waals surface area contributed by atoms with Gasteiger partial charge in [0.15, 0.2) is 9.84 Å². The van der Waals surface area contributed by atoms with Crippen LogP contribution in [0.3, 0.4) is 0 Å². The first-order valence-corrected chi connectivity index (χ1v) is 9.92. The molecule has 1 aliphatic carbocycles. The van der Waals surface area contributed by atoms with E-state index >= 15 is 0 Å². The number of nitrogens with one attached hydrogen (secondary N) is 2. The Balaban J connectivity index is 2.29. The molecule has 1 aromatic rings. The van der Waals surface area contributed by atoms with E-state index in [-0.39, 0.29) is 15.5 Å². The smallest absolute Gasteiger partial charge is 0.242 e. The predicted molar refractivity (Wildman–Crippen MR) is 79.9 cm³/mol. The van der Waals surface area contributed by atoms with E-state index in [9.17, 15) is 16.8 Å². The van der Waals surface area contributed by atoms with Crippen molar-refractivity contribution in [2.45, 2.75) is 29.1 Å². The molecule has 1 fully saturated rings. The number of nitrogen functional groups attached to an aromatic ring is 1. The van der Waals surface area contributed by atoms with Crippen molar-refractivity contribution >= 4 is 25.5 Å². The van der Waals surface area contributed by atoms with Gasteiger partial charge < -0.3 is 5.43 Å². The summed E-state index contributed by atoms with van der Waals surface area (Å²) in [4.78, 5) is -0.229. The summed E-state index contributed by atoms with van der Waals surface area (Å²) in [6.07, 6.45) is 4.09. The van der Waals surface area contributed by atoms with E-state index in [1.807, 2.05) is 0 Å². The SMILES string of the molecule is CS(=O)(=O)c1ccc(NN)c(S(=O)(=O)NCCC2CC2)c1. The molecule has 0 amide bonds. The molecule has 1 aromatic carbocycles. The molecule has 21 heavy (non-hydrogen) atoms. The third-order valence-corrected chi connectivity index (χ3v) is 5.98. The average molecular weight is 333 g/mol. The van der Waals surface area contributed by atoms with Gasteiger partial charge in [-0.1, -0.05) is 12.8 Å². The topological polar surface area (TPSA) is 118 Å². The number of sulfone groups is 1. The normalized spacial score (nSPS) is 15.9. The molecule has 4 N–H and O–H groups in total. The molecule has 0 bridgehead atoms. The number of rotatable bonds is 7. The molecule has 0 heterocycles. The Kier molecular flexibility index (Phi) is 4.57. The van der Waals surface area contributed by atoms with Gasteiger partial charge in [-0.05, 0) is 30.5 Å². The van der Waals surface area contributed by atoms with Crippen LogP contribution in [0.1, 0.15) is 19.3 Å². The number of nitrogens with two attached hydrogens (primary N) is 1. The average Bonchev–Trinajstić information content (AvgIpc) is 3.21. The Morgan fingerprint density at radius 3 is 2.43 bits per heavy atom. The van der Waals surface area contributed by atoms with Crippen molar-refractivity contribution in [3.05, 3.63) is 18.2 Å². The maximum absolute atomic E-state index is 12.3. The fourth-order valence-electron chi connectivity index (χ4n) is 1.96. The molecular weight excluding hydrogens is 314 g/mol. The summed E-state index contributed by atoms with van der Waals surface area (Å²) < 4.78 is 50.2. The lowest BCUT2D eigenvalue weighted by atomic mass is 10.3. The standard InChI is InChI=1S/C12H19N3O4S2/c1-20(16,17)10-4-5-11(15-13)12(8-10)21(18,19)14-7-6-9-2-3-9/h4-5,8-9,14-15H,2-3,6-7,13H2,1H3. The van der Waals surface area contributed by atoms with Gasteiger partial charge >= 0.3 is 0 Å². The number of anilines is 1. The van der Waals surface area contributed by atoms with Crippen LogP contribution in [0.5, 0.6) is 0 Å². The highest BCUT2D eigenvalue weighted by Gasteiger charge is 2.24. The lowest BCUT2D eigenvalue weighted by Gasteiger charge is -2.12. The summed E-state index contributed by atoms with van der Waals surface area (Å²) in [6, 6.07) is 3.77. The van der Waals surface area contributed by atoms with Crippen molar-refractivity contribution in [3.8, 4) is 0 Å². The van der Waals surface area contributed by atoms with E-state index in [4.69, 9.17) is 5.84 Å². The highest BCUT2D eigenvalue weighted by Crippen LogP contribution is 2.32. The summed E-state index contributed by atoms with van der Waals surface area (Å²) in [7, 11) is -7.31. The maximum Gasteiger partial charge on any atom is 0.242 e. The molecular formula is C12H19N3O4S2. The second-order valence-corrected chi connectivity index (χ2v) is 8.96. The highest BCUT2D eigenvalue weighted by atomic mass is 32.2. The second kappa shape index (κ2) is 5.91. The third kappa shape index (κ3) is 4.16. The van der Waals surface area contributed by atoms with E-state index in [1.54, 1.807) is 0 Å². The van der Waals surface area contributed by atoms with Gasteiger partial charge in [-0.3, -0.25) is 5.84 Å². The van der Waals surface area contributed by atoms with Gasteiger partial charge in [0.25, 0.3) is 0 Å². The zero-order valence-electron chi connectivity index (χ0n) is 11.7. The molecule has 0 aliphatic heterocycles. The van der Waals surface area contributed by atoms with E-state index in [0.717, 1.165) is 31.6 Å². The van der Waals surface area contributed by atoms with Crippen LogP contribution in [0.2, 0.25) is 0 Å². The summed E-state index contributed by atoms with van der Waals surface area (Å²) in [6.45, 7) is 0.333. The summed E-state index contributed by atoms with van der Waals surface area (Å²) in [5.74, 6) is 5.90. The van der Waals surface area contributed by atoms with Crippen molar-refractivity contribution in [2.75, 3.05) is 18.2 Å². The molecule has 118 valence electrons. The molecule has 0 radical (unpaired) electrons. The zero-order chi connectivity index (χ0) is 15.7. The monoisotopic (exact) mass is 333 g/mol. The molecule has 2 rings (SSSR count). The largest absolute Gasteiger partial charge is 0.323 e. The summed E-state index contributed by atoms with van der Waals surface area (Å²) in [5.41, 5.74) is 2.43. The molecule has 7 nitrogen and oxygen atoms in total. The number of benzene rings is 1. The molecule has 0 saturated heterocycles. The first-order valence-electron chi connectivity index (χ1n) is 6.54. The van der Waals surface area contributed by atoms with Crippen molar-refractivity contribution in [1.82, 2.24) is 4.72 Å². The van der Waals surface area contributed by atoms with Crippen LogP contribution in [0.25, 0.3) is 0 Å². The second-order valence-electron chi connectivity index (χ2n) is 5.20. The Hall–Kier alpha value is -1.16. The van der Waals surface area contributed by atoms with E-state index in [2.05, 4.69) is 10.1 Å². The molecule has 0 spiro atoms.